The van der Waals surface area contributed by atoms with Crippen molar-refractivity contribution in [3.63, 3.8) is 0 Å². The quantitative estimate of drug-likeness (QED) is 0.407. The zero-order valence-electron chi connectivity index (χ0n) is 18.3. The van der Waals surface area contributed by atoms with Gasteiger partial charge in [-0.3, -0.25) is 19.0 Å². The molecule has 1 aliphatic rings. The van der Waals surface area contributed by atoms with Gasteiger partial charge < -0.3 is 15.6 Å². The predicted octanol–water partition coefficient (Wildman–Crippen LogP) is 4.05. The average Bonchev–Trinajstić information content (AvgIpc) is 3.46. The van der Waals surface area contributed by atoms with Crippen LogP contribution in [0.1, 0.15) is 40.1 Å². The molecule has 7 nitrogen and oxygen atoms in total. The summed E-state index contributed by atoms with van der Waals surface area (Å²) in [5.74, 6) is -0.422. The van der Waals surface area contributed by atoms with E-state index in [4.69, 9.17) is 11.6 Å². The van der Waals surface area contributed by atoms with Crippen LogP contribution in [-0.4, -0.2) is 33.4 Å². The SMILES string of the molecule is O=C(NC1CCCC1NC(=O)c1cc2cc(Cl)ccc2[nH]1)c1ccc(-n2ccccc2=O)cc1. The van der Waals surface area contributed by atoms with Crippen LogP contribution >= 0.6 is 11.6 Å². The molecule has 1 fully saturated rings. The monoisotopic (exact) mass is 474 g/mol. The van der Waals surface area contributed by atoms with Crippen LogP contribution in [0.2, 0.25) is 5.02 Å². The van der Waals surface area contributed by atoms with Crippen LogP contribution in [0, 0.1) is 0 Å². The summed E-state index contributed by atoms with van der Waals surface area (Å²) in [7, 11) is 0. The number of hydrogen-bond donors (Lipinski definition) is 3. The topological polar surface area (TPSA) is 96.0 Å². The molecule has 3 N–H and O–H groups in total. The van der Waals surface area contributed by atoms with E-state index >= 15 is 0 Å². The Balaban J connectivity index is 1.25. The maximum Gasteiger partial charge on any atom is 0.268 e. The molecule has 0 spiro atoms. The highest BCUT2D eigenvalue weighted by Crippen LogP contribution is 2.23. The van der Waals surface area contributed by atoms with Crippen molar-refractivity contribution in [2.75, 3.05) is 0 Å². The molecule has 172 valence electrons. The lowest BCUT2D eigenvalue weighted by atomic mass is 10.1. The number of hydrogen-bond acceptors (Lipinski definition) is 3. The molecule has 0 bridgehead atoms. The van der Waals surface area contributed by atoms with Gasteiger partial charge in [0, 0.05) is 51.5 Å². The average molecular weight is 475 g/mol. The second kappa shape index (κ2) is 9.19. The van der Waals surface area contributed by atoms with Gasteiger partial charge in [-0.1, -0.05) is 17.7 Å². The van der Waals surface area contributed by atoms with Crippen molar-refractivity contribution < 1.29 is 9.59 Å². The molecule has 2 aromatic heterocycles. The van der Waals surface area contributed by atoms with Crippen molar-refractivity contribution >= 4 is 34.3 Å². The maximum atomic E-state index is 12.9. The van der Waals surface area contributed by atoms with Crippen LogP contribution in [-0.2, 0) is 0 Å². The number of aromatic nitrogens is 2. The minimum absolute atomic E-state index is 0.137. The molecule has 2 amide bonds. The molecule has 0 saturated heterocycles. The molecular weight excluding hydrogens is 452 g/mol. The van der Waals surface area contributed by atoms with E-state index in [1.807, 2.05) is 12.1 Å². The van der Waals surface area contributed by atoms with Crippen LogP contribution in [0.25, 0.3) is 16.6 Å². The van der Waals surface area contributed by atoms with E-state index in [1.165, 1.54) is 10.6 Å². The normalized spacial score (nSPS) is 17.6. The Morgan fingerprint density at radius 2 is 1.65 bits per heavy atom. The number of rotatable bonds is 5. The molecule has 8 heteroatoms. The lowest BCUT2D eigenvalue weighted by Crippen LogP contribution is -2.48. The molecule has 2 aromatic carbocycles. The van der Waals surface area contributed by atoms with Crippen LogP contribution in [0.5, 0.6) is 0 Å². The first-order chi connectivity index (χ1) is 16.5. The summed E-state index contributed by atoms with van der Waals surface area (Å²) < 4.78 is 1.52. The summed E-state index contributed by atoms with van der Waals surface area (Å²) in [5.41, 5.74) is 2.35. The molecule has 0 radical (unpaired) electrons. The Hall–Kier alpha value is -3.84. The minimum atomic E-state index is -0.212. The highest BCUT2D eigenvalue weighted by atomic mass is 35.5. The molecule has 5 rings (SSSR count). The number of nitrogens with zero attached hydrogens (tertiary/aromatic N) is 1. The van der Waals surface area contributed by atoms with Crippen molar-refractivity contribution in [1.82, 2.24) is 20.2 Å². The van der Waals surface area contributed by atoms with Crippen LogP contribution in [0.3, 0.4) is 0 Å². The van der Waals surface area contributed by atoms with Gasteiger partial charge in [0.05, 0.1) is 0 Å². The molecule has 4 aromatic rings. The molecule has 34 heavy (non-hydrogen) atoms. The van der Waals surface area contributed by atoms with Crippen LogP contribution in [0.15, 0.2) is 77.7 Å². The van der Waals surface area contributed by atoms with Crippen molar-refractivity contribution in [1.29, 1.82) is 0 Å². The third-order valence-corrected chi connectivity index (χ3v) is 6.44. The second-order valence-corrected chi connectivity index (χ2v) is 8.90. The fraction of sp³-hybridized carbons (Fsp3) is 0.192. The number of benzene rings is 2. The Morgan fingerprint density at radius 3 is 2.38 bits per heavy atom. The summed E-state index contributed by atoms with van der Waals surface area (Å²) >= 11 is 6.04. The van der Waals surface area contributed by atoms with E-state index in [0.29, 0.717) is 22.0 Å². The van der Waals surface area contributed by atoms with Crippen molar-refractivity contribution in [2.24, 2.45) is 0 Å². The van der Waals surface area contributed by atoms with E-state index in [-0.39, 0.29) is 29.5 Å². The number of carbonyl (C=O) groups excluding carboxylic acids is 2. The summed E-state index contributed by atoms with van der Waals surface area (Å²) in [6.07, 6.45) is 4.17. The van der Waals surface area contributed by atoms with Gasteiger partial charge in [-0.05, 0) is 73.9 Å². The van der Waals surface area contributed by atoms with E-state index in [0.717, 1.165) is 30.2 Å². The highest BCUT2D eigenvalue weighted by molar-refractivity contribution is 6.31. The molecule has 2 unspecified atom stereocenters. The Labute approximate surface area is 200 Å². The zero-order valence-corrected chi connectivity index (χ0v) is 19.0. The third-order valence-electron chi connectivity index (χ3n) is 6.21. The summed E-state index contributed by atoms with van der Waals surface area (Å²) in [5, 5.41) is 7.60. The molecule has 0 aliphatic heterocycles. The van der Waals surface area contributed by atoms with E-state index in [9.17, 15) is 14.4 Å². The third kappa shape index (κ3) is 4.47. The van der Waals surface area contributed by atoms with Gasteiger partial charge in [-0.2, -0.15) is 0 Å². The minimum Gasteiger partial charge on any atom is -0.351 e. The summed E-state index contributed by atoms with van der Waals surface area (Å²) in [6, 6.07) is 18.7. The number of aromatic amines is 1. The first kappa shape index (κ1) is 22.0. The number of halogens is 1. The van der Waals surface area contributed by atoms with Gasteiger partial charge in [0.2, 0.25) is 0 Å². The number of H-pyrrole nitrogens is 1. The Kier molecular flexibility index (Phi) is 5.94. The fourth-order valence-corrected chi connectivity index (χ4v) is 4.62. The molecule has 1 aliphatic carbocycles. The van der Waals surface area contributed by atoms with E-state index in [2.05, 4.69) is 15.6 Å². The maximum absolute atomic E-state index is 12.9. The van der Waals surface area contributed by atoms with E-state index in [1.54, 1.807) is 54.7 Å². The molecule has 1 saturated carbocycles. The number of amides is 2. The van der Waals surface area contributed by atoms with Crippen LogP contribution in [0.4, 0.5) is 0 Å². The fourth-order valence-electron chi connectivity index (χ4n) is 4.44. The lowest BCUT2D eigenvalue weighted by Gasteiger charge is -2.22. The standard InChI is InChI=1S/C26H23ClN4O3/c27-18-9-12-20-17(14-18)15-23(28-20)26(34)30-22-5-3-4-21(22)29-25(33)16-7-10-19(11-8-16)31-13-2-1-6-24(31)32/h1-2,6-15,21-22,28H,3-5H2,(H,29,33)(H,30,34). The van der Waals surface area contributed by atoms with Crippen LogP contribution < -0.4 is 16.2 Å². The first-order valence-electron chi connectivity index (χ1n) is 11.2. The van der Waals surface area contributed by atoms with Crippen molar-refractivity contribution in [2.45, 2.75) is 31.3 Å². The first-order valence-corrected chi connectivity index (χ1v) is 11.5. The second-order valence-electron chi connectivity index (χ2n) is 8.46. The van der Waals surface area contributed by atoms with Gasteiger partial charge >= 0.3 is 0 Å². The summed E-state index contributed by atoms with van der Waals surface area (Å²) in [4.78, 5) is 40.8. The smallest absolute Gasteiger partial charge is 0.268 e. The highest BCUT2D eigenvalue weighted by Gasteiger charge is 2.30. The zero-order chi connectivity index (χ0) is 23.7. The predicted molar refractivity (Wildman–Crippen MR) is 132 cm³/mol. The Bertz CT molecular complexity index is 1420. The van der Waals surface area contributed by atoms with Gasteiger partial charge in [0.15, 0.2) is 0 Å². The molecule has 2 atom stereocenters. The van der Waals surface area contributed by atoms with Gasteiger partial charge in [-0.15, -0.1) is 0 Å². The lowest BCUT2D eigenvalue weighted by molar-refractivity contribution is 0.0889. The number of carbonyl (C=O) groups is 2. The number of pyridine rings is 1. The number of fused-ring (bicyclic) bond motifs is 1. The van der Waals surface area contributed by atoms with Crippen molar-refractivity contribution in [3.05, 3.63) is 99.6 Å². The largest absolute Gasteiger partial charge is 0.351 e. The Morgan fingerprint density at radius 1 is 0.912 bits per heavy atom. The van der Waals surface area contributed by atoms with Gasteiger partial charge in [0.1, 0.15) is 5.69 Å². The summed E-state index contributed by atoms with van der Waals surface area (Å²) in [6.45, 7) is 0. The molecule has 2 heterocycles. The number of nitrogens with one attached hydrogen (secondary N) is 3. The van der Waals surface area contributed by atoms with E-state index < -0.39 is 0 Å². The van der Waals surface area contributed by atoms with Gasteiger partial charge in [0.25, 0.3) is 17.4 Å². The van der Waals surface area contributed by atoms with Gasteiger partial charge in [-0.25, -0.2) is 0 Å². The van der Waals surface area contributed by atoms with Crippen molar-refractivity contribution in [3.8, 4) is 5.69 Å². The molecular formula is C26H23ClN4O3.